The van der Waals surface area contributed by atoms with Gasteiger partial charge in [-0.2, -0.15) is 0 Å². The highest BCUT2D eigenvalue weighted by molar-refractivity contribution is 8.04. The molecule has 92 valence electrons. The zero-order chi connectivity index (χ0) is 12.7. The number of hydrogen-bond acceptors (Lipinski definition) is 4. The van der Waals surface area contributed by atoms with Gasteiger partial charge in [0.15, 0.2) is 0 Å². The number of hydrogen-bond donors (Lipinski definition) is 1. The zero-order valence-corrected chi connectivity index (χ0v) is 11.3. The van der Waals surface area contributed by atoms with Gasteiger partial charge in [-0.3, -0.25) is 0 Å². The Bertz CT molecular complexity index is 572. The Morgan fingerprint density at radius 3 is 2.89 bits per heavy atom. The SMILES string of the molecule is C=C1N=C2Nc3ccccc3SC2=CN1C(C)C. The number of anilines is 1. The second kappa shape index (κ2) is 4.21. The Labute approximate surface area is 111 Å². The number of amidine groups is 1. The van der Waals surface area contributed by atoms with E-state index in [1.54, 1.807) is 11.8 Å². The molecule has 0 saturated heterocycles. The van der Waals surface area contributed by atoms with E-state index in [1.807, 2.05) is 6.07 Å². The summed E-state index contributed by atoms with van der Waals surface area (Å²) in [5.41, 5.74) is 1.11. The van der Waals surface area contributed by atoms with Gasteiger partial charge in [0.2, 0.25) is 0 Å². The van der Waals surface area contributed by atoms with E-state index in [-0.39, 0.29) is 0 Å². The van der Waals surface area contributed by atoms with Crippen LogP contribution in [0.1, 0.15) is 13.8 Å². The molecule has 3 nitrogen and oxygen atoms in total. The van der Waals surface area contributed by atoms with Crippen molar-refractivity contribution >= 4 is 23.3 Å². The lowest BCUT2D eigenvalue weighted by atomic mass is 10.3. The standard InChI is InChI=1S/C14H15N3S/c1-9(2)17-8-13-14(15-10(17)3)16-11-6-4-5-7-12(11)18-13/h4-9H,3H2,1-2H3,(H,15,16). The van der Waals surface area contributed by atoms with Gasteiger partial charge >= 0.3 is 0 Å². The van der Waals surface area contributed by atoms with E-state index in [9.17, 15) is 0 Å². The first-order chi connectivity index (χ1) is 8.65. The molecule has 0 amide bonds. The molecule has 0 aromatic heterocycles. The fourth-order valence-corrected chi connectivity index (χ4v) is 2.99. The Balaban J connectivity index is 2.01. The number of thioether (sulfide) groups is 1. The molecule has 0 saturated carbocycles. The quantitative estimate of drug-likeness (QED) is 0.832. The summed E-state index contributed by atoms with van der Waals surface area (Å²) in [5, 5.41) is 3.36. The maximum Gasteiger partial charge on any atom is 0.148 e. The van der Waals surface area contributed by atoms with Gasteiger partial charge in [-0.25, -0.2) is 4.99 Å². The van der Waals surface area contributed by atoms with Gasteiger partial charge in [0.1, 0.15) is 11.7 Å². The maximum absolute atomic E-state index is 4.55. The molecular weight excluding hydrogens is 242 g/mol. The van der Waals surface area contributed by atoms with Crippen LogP contribution in [0.5, 0.6) is 0 Å². The lowest BCUT2D eigenvalue weighted by molar-refractivity contribution is 0.379. The van der Waals surface area contributed by atoms with E-state index < -0.39 is 0 Å². The van der Waals surface area contributed by atoms with Crippen molar-refractivity contribution in [3.8, 4) is 0 Å². The van der Waals surface area contributed by atoms with Crippen molar-refractivity contribution in [3.05, 3.63) is 47.8 Å². The molecule has 2 aliphatic rings. The number of rotatable bonds is 1. The van der Waals surface area contributed by atoms with Crippen molar-refractivity contribution < 1.29 is 0 Å². The van der Waals surface area contributed by atoms with Crippen LogP contribution in [0, 0.1) is 0 Å². The molecular formula is C14H15N3S. The van der Waals surface area contributed by atoms with Crippen LogP contribution in [0.3, 0.4) is 0 Å². The predicted molar refractivity (Wildman–Crippen MR) is 77.6 cm³/mol. The normalized spacial score (nSPS) is 17.7. The first kappa shape index (κ1) is 11.4. The summed E-state index contributed by atoms with van der Waals surface area (Å²) in [4.78, 5) is 9.04. The van der Waals surface area contributed by atoms with E-state index in [2.05, 4.69) is 60.0 Å². The van der Waals surface area contributed by atoms with Gasteiger partial charge in [-0.1, -0.05) is 30.5 Å². The maximum atomic E-state index is 4.55. The van der Waals surface area contributed by atoms with Crippen LogP contribution in [-0.4, -0.2) is 16.8 Å². The molecule has 0 radical (unpaired) electrons. The summed E-state index contributed by atoms with van der Waals surface area (Å²) < 4.78 is 0. The summed E-state index contributed by atoms with van der Waals surface area (Å²) in [5.74, 6) is 1.69. The number of nitrogens with zero attached hydrogens (tertiary/aromatic N) is 2. The van der Waals surface area contributed by atoms with E-state index in [4.69, 9.17) is 0 Å². The number of nitrogens with one attached hydrogen (secondary N) is 1. The van der Waals surface area contributed by atoms with Gasteiger partial charge in [-0.15, -0.1) is 0 Å². The lowest BCUT2D eigenvalue weighted by Gasteiger charge is -2.32. The predicted octanol–water partition coefficient (Wildman–Crippen LogP) is 3.64. The van der Waals surface area contributed by atoms with Crippen molar-refractivity contribution in [2.75, 3.05) is 5.32 Å². The van der Waals surface area contributed by atoms with Gasteiger partial charge in [-0.05, 0) is 26.0 Å². The molecule has 0 atom stereocenters. The summed E-state index contributed by atoms with van der Waals surface area (Å²) in [6.07, 6.45) is 2.13. The topological polar surface area (TPSA) is 27.6 Å². The van der Waals surface area contributed by atoms with E-state index in [1.165, 1.54) is 4.90 Å². The Kier molecular flexibility index (Phi) is 2.67. The molecule has 1 aromatic carbocycles. The average molecular weight is 257 g/mol. The van der Waals surface area contributed by atoms with Crippen LogP contribution >= 0.6 is 11.8 Å². The minimum absolute atomic E-state index is 0.369. The second-order valence-corrected chi connectivity index (χ2v) is 5.68. The number of benzene rings is 1. The van der Waals surface area contributed by atoms with Crippen LogP contribution in [0.4, 0.5) is 5.69 Å². The molecule has 0 bridgehead atoms. The fraction of sp³-hybridized carbons (Fsp3) is 0.214. The van der Waals surface area contributed by atoms with E-state index >= 15 is 0 Å². The first-order valence-corrected chi connectivity index (χ1v) is 6.79. The molecule has 2 heterocycles. The van der Waals surface area contributed by atoms with Crippen molar-refractivity contribution in [1.29, 1.82) is 0 Å². The third-order valence-corrected chi connectivity index (χ3v) is 4.04. The summed E-state index contributed by atoms with van der Waals surface area (Å²) >= 11 is 1.75. The van der Waals surface area contributed by atoms with Crippen molar-refractivity contribution in [3.63, 3.8) is 0 Å². The highest BCUT2D eigenvalue weighted by atomic mass is 32.2. The molecule has 0 aliphatic carbocycles. The fourth-order valence-electron chi connectivity index (χ4n) is 2.02. The molecule has 3 rings (SSSR count). The van der Waals surface area contributed by atoms with Crippen molar-refractivity contribution in [2.24, 2.45) is 4.99 Å². The monoisotopic (exact) mass is 257 g/mol. The van der Waals surface area contributed by atoms with Gasteiger partial charge < -0.3 is 10.2 Å². The second-order valence-electron chi connectivity index (χ2n) is 4.59. The van der Waals surface area contributed by atoms with Crippen molar-refractivity contribution in [2.45, 2.75) is 24.8 Å². The number of para-hydroxylation sites is 1. The molecule has 0 unspecified atom stereocenters. The minimum Gasteiger partial charge on any atom is -0.338 e. The van der Waals surface area contributed by atoms with Crippen LogP contribution < -0.4 is 5.32 Å². The molecule has 4 heteroatoms. The first-order valence-electron chi connectivity index (χ1n) is 5.97. The molecule has 0 fully saturated rings. The number of aliphatic imine (C=N–C) groups is 1. The number of fused-ring (bicyclic) bond motifs is 2. The van der Waals surface area contributed by atoms with Gasteiger partial charge in [0, 0.05) is 17.1 Å². The average Bonchev–Trinajstić information content (AvgIpc) is 2.35. The molecule has 2 aliphatic heterocycles. The Morgan fingerprint density at radius 2 is 2.11 bits per heavy atom. The Hall–Kier alpha value is -1.68. The highest BCUT2D eigenvalue weighted by Crippen LogP contribution is 2.40. The molecule has 1 N–H and O–H groups in total. The smallest absolute Gasteiger partial charge is 0.148 e. The minimum atomic E-state index is 0.369. The summed E-state index contributed by atoms with van der Waals surface area (Å²) in [6, 6.07) is 8.64. The van der Waals surface area contributed by atoms with Crippen LogP contribution in [0.15, 0.2) is 57.7 Å². The third-order valence-electron chi connectivity index (χ3n) is 2.95. The third kappa shape index (κ3) is 1.82. The largest absolute Gasteiger partial charge is 0.338 e. The van der Waals surface area contributed by atoms with Crippen LogP contribution in [0.25, 0.3) is 0 Å². The summed E-state index contributed by atoms with van der Waals surface area (Å²) in [7, 11) is 0. The molecule has 0 spiro atoms. The van der Waals surface area contributed by atoms with Crippen LogP contribution in [-0.2, 0) is 0 Å². The molecule has 1 aromatic rings. The van der Waals surface area contributed by atoms with E-state index in [0.717, 1.165) is 22.2 Å². The highest BCUT2D eigenvalue weighted by Gasteiger charge is 2.25. The lowest BCUT2D eigenvalue weighted by Crippen LogP contribution is -2.31. The summed E-state index contributed by atoms with van der Waals surface area (Å²) in [6.45, 7) is 8.28. The zero-order valence-electron chi connectivity index (χ0n) is 10.5. The van der Waals surface area contributed by atoms with E-state index in [0.29, 0.717) is 6.04 Å². The van der Waals surface area contributed by atoms with Crippen molar-refractivity contribution in [1.82, 2.24) is 4.90 Å². The van der Waals surface area contributed by atoms with Crippen LogP contribution in [0.2, 0.25) is 0 Å². The Morgan fingerprint density at radius 1 is 1.33 bits per heavy atom. The van der Waals surface area contributed by atoms with Gasteiger partial charge in [0.05, 0.1) is 10.6 Å². The van der Waals surface area contributed by atoms with Gasteiger partial charge in [0.25, 0.3) is 0 Å². The molecule has 18 heavy (non-hydrogen) atoms.